The number of nitrogens with one attached hydrogen (secondary N) is 1. The number of amides is 2. The third-order valence-electron chi connectivity index (χ3n) is 3.00. The topological polar surface area (TPSA) is 69.6 Å². The van der Waals surface area contributed by atoms with Crippen LogP contribution in [0.1, 0.15) is 6.42 Å². The van der Waals surface area contributed by atoms with Crippen LogP contribution in [0.15, 0.2) is 18.2 Å². The van der Waals surface area contributed by atoms with Crippen molar-refractivity contribution < 1.29 is 14.7 Å². The van der Waals surface area contributed by atoms with Crippen molar-refractivity contribution in [1.29, 1.82) is 0 Å². The van der Waals surface area contributed by atoms with E-state index < -0.39 is 11.9 Å². The zero-order valence-electron chi connectivity index (χ0n) is 9.90. The maximum absolute atomic E-state index is 12.0. The van der Waals surface area contributed by atoms with Crippen molar-refractivity contribution in [1.82, 2.24) is 4.90 Å². The second-order valence-electron chi connectivity index (χ2n) is 4.32. The Labute approximate surface area is 120 Å². The molecule has 1 saturated heterocycles. The number of likely N-dealkylation sites (tertiary alicyclic amines) is 1. The molecule has 1 aliphatic heterocycles. The summed E-state index contributed by atoms with van der Waals surface area (Å²) < 4.78 is 0. The highest BCUT2D eigenvalue weighted by Gasteiger charge is 2.30. The molecule has 0 aliphatic carbocycles. The second-order valence-corrected chi connectivity index (χ2v) is 5.17. The number of rotatable bonds is 2. The number of aliphatic carboxylic acids is 1. The van der Waals surface area contributed by atoms with Gasteiger partial charge in [-0.2, -0.15) is 0 Å². The molecule has 7 heteroatoms. The van der Waals surface area contributed by atoms with E-state index in [0.717, 1.165) is 0 Å². The first kappa shape index (κ1) is 14.0. The van der Waals surface area contributed by atoms with Crippen LogP contribution in [0.5, 0.6) is 0 Å². The predicted molar refractivity (Wildman–Crippen MR) is 72.8 cm³/mol. The van der Waals surface area contributed by atoms with Gasteiger partial charge < -0.3 is 15.3 Å². The van der Waals surface area contributed by atoms with Gasteiger partial charge in [0, 0.05) is 18.1 Å². The van der Waals surface area contributed by atoms with Crippen molar-refractivity contribution in [3.05, 3.63) is 28.2 Å². The van der Waals surface area contributed by atoms with Gasteiger partial charge in [-0.1, -0.05) is 23.2 Å². The molecule has 5 nitrogen and oxygen atoms in total. The minimum Gasteiger partial charge on any atom is -0.481 e. The number of benzene rings is 1. The normalized spacial score (nSPS) is 18.4. The number of carboxylic acid groups (broad SMARTS) is 1. The number of nitrogens with zero attached hydrogens (tertiary/aromatic N) is 1. The van der Waals surface area contributed by atoms with E-state index in [2.05, 4.69) is 5.32 Å². The van der Waals surface area contributed by atoms with E-state index in [4.69, 9.17) is 28.3 Å². The van der Waals surface area contributed by atoms with Gasteiger partial charge in [0.25, 0.3) is 0 Å². The quantitative estimate of drug-likeness (QED) is 0.882. The molecule has 0 spiro atoms. The lowest BCUT2D eigenvalue weighted by atomic mass is 10.1. The van der Waals surface area contributed by atoms with Gasteiger partial charge in [0.1, 0.15) is 0 Å². The number of urea groups is 1. The maximum Gasteiger partial charge on any atom is 0.321 e. The van der Waals surface area contributed by atoms with Crippen LogP contribution in [0, 0.1) is 5.92 Å². The fourth-order valence-electron chi connectivity index (χ4n) is 1.93. The van der Waals surface area contributed by atoms with Gasteiger partial charge in [-0.3, -0.25) is 4.79 Å². The molecule has 2 N–H and O–H groups in total. The third-order valence-corrected chi connectivity index (χ3v) is 3.55. The van der Waals surface area contributed by atoms with Crippen molar-refractivity contribution in [3.63, 3.8) is 0 Å². The highest BCUT2D eigenvalue weighted by atomic mass is 35.5. The molecular weight excluding hydrogens is 291 g/mol. The van der Waals surface area contributed by atoms with Crippen molar-refractivity contribution in [2.75, 3.05) is 18.4 Å². The summed E-state index contributed by atoms with van der Waals surface area (Å²) in [7, 11) is 0. The highest BCUT2D eigenvalue weighted by Crippen LogP contribution is 2.26. The van der Waals surface area contributed by atoms with Crippen LogP contribution in [-0.4, -0.2) is 35.1 Å². The maximum atomic E-state index is 12.0. The van der Waals surface area contributed by atoms with Gasteiger partial charge >= 0.3 is 12.0 Å². The summed E-state index contributed by atoms with van der Waals surface area (Å²) in [5.41, 5.74) is 0.454. The molecule has 0 aromatic heterocycles. The highest BCUT2D eigenvalue weighted by molar-refractivity contribution is 6.36. The lowest BCUT2D eigenvalue weighted by molar-refractivity contribution is -0.141. The van der Waals surface area contributed by atoms with E-state index in [1.165, 1.54) is 11.0 Å². The molecule has 1 aliphatic rings. The SMILES string of the molecule is O=C(O)C1CCN(C(=O)Nc2ccc(Cl)cc2Cl)C1. The molecule has 1 unspecified atom stereocenters. The minimum absolute atomic E-state index is 0.215. The van der Waals surface area contributed by atoms with E-state index >= 15 is 0 Å². The molecule has 102 valence electrons. The molecular formula is C12H12Cl2N2O3. The Morgan fingerprint density at radius 2 is 2.11 bits per heavy atom. The van der Waals surface area contributed by atoms with Crippen LogP contribution in [0.3, 0.4) is 0 Å². The summed E-state index contributed by atoms with van der Waals surface area (Å²) in [6, 6.07) is 4.40. The van der Waals surface area contributed by atoms with E-state index in [9.17, 15) is 9.59 Å². The molecule has 2 amide bonds. The summed E-state index contributed by atoms with van der Waals surface area (Å²) in [4.78, 5) is 24.2. The van der Waals surface area contributed by atoms with Crippen LogP contribution in [-0.2, 0) is 4.79 Å². The average molecular weight is 303 g/mol. The van der Waals surface area contributed by atoms with E-state index in [1.807, 2.05) is 0 Å². The van der Waals surface area contributed by atoms with Crippen molar-refractivity contribution >= 4 is 40.9 Å². The standard InChI is InChI=1S/C12H12Cl2N2O3/c13-8-1-2-10(9(14)5-8)15-12(19)16-4-3-7(6-16)11(17)18/h1-2,5,7H,3-4,6H2,(H,15,19)(H,17,18). The summed E-state index contributed by atoms with van der Waals surface area (Å²) in [5, 5.41) is 12.3. The fourth-order valence-corrected chi connectivity index (χ4v) is 2.39. The van der Waals surface area contributed by atoms with Crippen LogP contribution in [0.2, 0.25) is 10.0 Å². The Bertz CT molecular complexity index is 522. The summed E-state index contributed by atoms with van der Waals surface area (Å²) in [6.45, 7) is 0.639. The number of hydrogen-bond acceptors (Lipinski definition) is 2. The fraction of sp³-hybridized carbons (Fsp3) is 0.333. The van der Waals surface area contributed by atoms with Gasteiger partial charge in [0.15, 0.2) is 0 Å². The molecule has 2 rings (SSSR count). The first-order valence-electron chi connectivity index (χ1n) is 5.71. The smallest absolute Gasteiger partial charge is 0.321 e. The monoisotopic (exact) mass is 302 g/mol. The molecule has 0 radical (unpaired) electrons. The number of halogens is 2. The lowest BCUT2D eigenvalue weighted by Crippen LogP contribution is -2.33. The second kappa shape index (κ2) is 5.67. The lowest BCUT2D eigenvalue weighted by Gasteiger charge is -2.17. The Morgan fingerprint density at radius 3 is 2.68 bits per heavy atom. The predicted octanol–water partition coefficient (Wildman–Crippen LogP) is 2.93. The van der Waals surface area contributed by atoms with Gasteiger partial charge in [-0.25, -0.2) is 4.79 Å². The van der Waals surface area contributed by atoms with E-state index in [-0.39, 0.29) is 12.6 Å². The zero-order valence-corrected chi connectivity index (χ0v) is 11.4. The molecule has 1 heterocycles. The zero-order chi connectivity index (χ0) is 14.0. The van der Waals surface area contributed by atoms with Crippen molar-refractivity contribution in [2.24, 2.45) is 5.92 Å². The number of carbonyl (C=O) groups is 2. The molecule has 0 bridgehead atoms. The van der Waals surface area contributed by atoms with Gasteiger partial charge in [0.05, 0.1) is 16.6 Å². The Hall–Kier alpha value is -1.46. The Kier molecular flexibility index (Phi) is 4.17. The van der Waals surface area contributed by atoms with Crippen LogP contribution >= 0.6 is 23.2 Å². The average Bonchev–Trinajstić information content (AvgIpc) is 2.82. The van der Waals surface area contributed by atoms with Crippen molar-refractivity contribution in [2.45, 2.75) is 6.42 Å². The van der Waals surface area contributed by atoms with Gasteiger partial charge in [0.2, 0.25) is 0 Å². The number of hydrogen-bond donors (Lipinski definition) is 2. The number of anilines is 1. The molecule has 0 saturated carbocycles. The minimum atomic E-state index is -0.875. The largest absolute Gasteiger partial charge is 0.481 e. The molecule has 19 heavy (non-hydrogen) atoms. The van der Waals surface area contributed by atoms with Crippen LogP contribution < -0.4 is 5.32 Å². The summed E-state index contributed by atoms with van der Waals surface area (Å²) in [5.74, 6) is -1.37. The first-order chi connectivity index (χ1) is 8.97. The Morgan fingerprint density at radius 1 is 1.37 bits per heavy atom. The van der Waals surface area contributed by atoms with E-state index in [1.54, 1.807) is 12.1 Å². The third kappa shape index (κ3) is 3.30. The van der Waals surface area contributed by atoms with Crippen LogP contribution in [0.4, 0.5) is 10.5 Å². The molecule has 1 aromatic rings. The molecule has 1 aromatic carbocycles. The van der Waals surface area contributed by atoms with Gasteiger partial charge in [-0.05, 0) is 24.6 Å². The number of carbonyl (C=O) groups excluding carboxylic acids is 1. The Balaban J connectivity index is 2.00. The number of carboxylic acids is 1. The molecule has 1 fully saturated rings. The molecule has 1 atom stereocenters. The van der Waals surface area contributed by atoms with E-state index in [0.29, 0.717) is 28.7 Å². The summed E-state index contributed by atoms with van der Waals surface area (Å²) in [6.07, 6.45) is 0.469. The van der Waals surface area contributed by atoms with Gasteiger partial charge in [-0.15, -0.1) is 0 Å². The van der Waals surface area contributed by atoms with Crippen molar-refractivity contribution in [3.8, 4) is 0 Å². The van der Waals surface area contributed by atoms with Crippen LogP contribution in [0.25, 0.3) is 0 Å². The first-order valence-corrected chi connectivity index (χ1v) is 6.47. The summed E-state index contributed by atoms with van der Waals surface area (Å²) >= 11 is 11.7.